The SMILES string of the molecule is CC[C@H](C)[C@H](NC(=O)C1CCCN1C[C@@H](O)[C@H](Cc1ccccc1)NC(=O)[C@H](CC(N)=O)NC(=O)[C@H](CC(C)C)NC(C)=O)C(=O)N[C@H](C(=O)OC)C(C)C. The highest BCUT2D eigenvalue weighted by molar-refractivity contribution is 5.94. The van der Waals surface area contributed by atoms with Crippen molar-refractivity contribution in [1.29, 1.82) is 0 Å². The van der Waals surface area contributed by atoms with Gasteiger partial charge in [-0.3, -0.25) is 33.7 Å². The van der Waals surface area contributed by atoms with Crippen LogP contribution in [-0.2, 0) is 44.7 Å². The number of primary amides is 1. The van der Waals surface area contributed by atoms with Gasteiger partial charge in [0, 0.05) is 13.5 Å². The van der Waals surface area contributed by atoms with Crippen LogP contribution in [0.3, 0.4) is 0 Å². The van der Waals surface area contributed by atoms with E-state index in [2.05, 4.69) is 26.6 Å². The van der Waals surface area contributed by atoms with Gasteiger partial charge >= 0.3 is 5.97 Å². The highest BCUT2D eigenvalue weighted by Crippen LogP contribution is 2.21. The van der Waals surface area contributed by atoms with Gasteiger partial charge in [-0.1, -0.05) is 78.3 Å². The second-order valence-corrected chi connectivity index (χ2v) is 15.3. The molecule has 8 atom stereocenters. The summed E-state index contributed by atoms with van der Waals surface area (Å²) in [6.45, 7) is 12.7. The number of hydrogen-bond donors (Lipinski definition) is 7. The molecule has 0 saturated carbocycles. The Bertz CT molecular complexity index is 1460. The highest BCUT2D eigenvalue weighted by atomic mass is 16.5. The lowest BCUT2D eigenvalue weighted by atomic mass is 9.96. The maximum absolute atomic E-state index is 13.8. The first-order chi connectivity index (χ1) is 25.9. The summed E-state index contributed by atoms with van der Waals surface area (Å²) in [5, 5.41) is 25.3. The third-order valence-corrected chi connectivity index (χ3v) is 9.83. The van der Waals surface area contributed by atoms with Gasteiger partial charge in [0.15, 0.2) is 0 Å². The topological polar surface area (TPSA) is 238 Å². The number of ether oxygens (including phenoxy) is 1. The molecule has 0 radical (unpaired) electrons. The second kappa shape index (κ2) is 22.7. The Hall–Kier alpha value is -4.57. The second-order valence-electron chi connectivity index (χ2n) is 15.3. The normalized spacial score (nSPS) is 18.2. The summed E-state index contributed by atoms with van der Waals surface area (Å²) >= 11 is 0. The van der Waals surface area contributed by atoms with Crippen LogP contribution in [0.15, 0.2) is 30.3 Å². The molecule has 1 fully saturated rings. The van der Waals surface area contributed by atoms with Crippen LogP contribution in [0.4, 0.5) is 0 Å². The molecular weight excluding hydrogens is 710 g/mol. The number of aliphatic hydroxyl groups excluding tert-OH is 1. The number of nitrogens with zero attached hydrogens (tertiary/aromatic N) is 1. The summed E-state index contributed by atoms with van der Waals surface area (Å²) in [4.78, 5) is 92.4. The zero-order valence-electron chi connectivity index (χ0n) is 33.6. The van der Waals surface area contributed by atoms with Crippen molar-refractivity contribution < 1.29 is 43.4 Å². The van der Waals surface area contributed by atoms with E-state index in [1.807, 2.05) is 58.0 Å². The van der Waals surface area contributed by atoms with E-state index >= 15 is 0 Å². The maximum atomic E-state index is 13.8. The van der Waals surface area contributed by atoms with Crippen LogP contribution in [0.1, 0.15) is 86.1 Å². The number of amides is 6. The number of benzene rings is 1. The number of nitrogens with two attached hydrogens (primary N) is 1. The minimum Gasteiger partial charge on any atom is -0.467 e. The fourth-order valence-corrected chi connectivity index (χ4v) is 6.59. The van der Waals surface area contributed by atoms with E-state index in [9.17, 15) is 38.7 Å². The van der Waals surface area contributed by atoms with Gasteiger partial charge in [-0.15, -0.1) is 0 Å². The van der Waals surface area contributed by atoms with E-state index in [1.54, 1.807) is 18.7 Å². The van der Waals surface area contributed by atoms with Gasteiger partial charge in [-0.05, 0) is 55.5 Å². The van der Waals surface area contributed by atoms with Crippen LogP contribution < -0.4 is 32.3 Å². The highest BCUT2D eigenvalue weighted by Gasteiger charge is 2.38. The number of β-amino-alcohol motifs (C(OH)–C–C–N with tert-alkyl or cyclic N) is 1. The molecule has 0 spiro atoms. The van der Waals surface area contributed by atoms with E-state index < -0.39 is 90.2 Å². The van der Waals surface area contributed by atoms with Gasteiger partial charge in [0.1, 0.15) is 24.2 Å². The minimum atomic E-state index is -1.40. The number of esters is 1. The van der Waals surface area contributed by atoms with E-state index in [1.165, 1.54) is 14.0 Å². The summed E-state index contributed by atoms with van der Waals surface area (Å²) in [6, 6.07) is 3.28. The van der Waals surface area contributed by atoms with Gasteiger partial charge in [0.2, 0.25) is 35.4 Å². The van der Waals surface area contributed by atoms with Gasteiger partial charge in [-0.2, -0.15) is 0 Å². The minimum absolute atomic E-state index is 0.0230. The molecule has 1 unspecified atom stereocenters. The molecule has 1 aliphatic rings. The van der Waals surface area contributed by atoms with Crippen molar-refractivity contribution in [3.63, 3.8) is 0 Å². The number of carbonyl (C=O) groups is 7. The molecule has 8 N–H and O–H groups in total. The number of methoxy groups -OCH3 is 1. The number of rotatable bonds is 22. The smallest absolute Gasteiger partial charge is 0.328 e. The van der Waals surface area contributed by atoms with Crippen LogP contribution in [0, 0.1) is 17.8 Å². The van der Waals surface area contributed by atoms with Crippen molar-refractivity contribution in [2.75, 3.05) is 20.2 Å². The molecule has 0 bridgehead atoms. The zero-order valence-corrected chi connectivity index (χ0v) is 33.6. The average molecular weight is 774 g/mol. The molecule has 1 saturated heterocycles. The third kappa shape index (κ3) is 15.2. The molecule has 6 amide bonds. The van der Waals surface area contributed by atoms with Crippen molar-refractivity contribution in [2.24, 2.45) is 23.5 Å². The van der Waals surface area contributed by atoms with Crippen molar-refractivity contribution in [1.82, 2.24) is 31.5 Å². The first kappa shape index (κ1) is 46.6. The molecule has 1 aliphatic heterocycles. The maximum Gasteiger partial charge on any atom is 0.328 e. The van der Waals surface area contributed by atoms with Gasteiger partial charge in [0.05, 0.1) is 31.7 Å². The Balaban J connectivity index is 2.30. The summed E-state index contributed by atoms with van der Waals surface area (Å²) in [6.07, 6.45) is 0.360. The number of nitrogens with one attached hydrogen (secondary N) is 5. The molecule has 308 valence electrons. The molecule has 0 aromatic heterocycles. The Morgan fingerprint density at radius 2 is 1.51 bits per heavy atom. The summed E-state index contributed by atoms with van der Waals surface area (Å²) in [5.74, 6) is -4.71. The molecule has 2 rings (SSSR count). The van der Waals surface area contributed by atoms with Crippen LogP contribution in [0.25, 0.3) is 0 Å². The van der Waals surface area contributed by atoms with Crippen molar-refractivity contribution >= 4 is 41.4 Å². The third-order valence-electron chi connectivity index (χ3n) is 9.83. The lowest BCUT2D eigenvalue weighted by Gasteiger charge is -2.33. The summed E-state index contributed by atoms with van der Waals surface area (Å²) in [7, 11) is 1.24. The first-order valence-electron chi connectivity index (χ1n) is 19.2. The molecule has 1 heterocycles. The first-order valence-corrected chi connectivity index (χ1v) is 19.2. The van der Waals surface area contributed by atoms with Gasteiger partial charge in [-0.25, -0.2) is 4.79 Å². The fourth-order valence-electron chi connectivity index (χ4n) is 6.59. The van der Waals surface area contributed by atoms with Crippen molar-refractivity contribution in [2.45, 2.75) is 129 Å². The van der Waals surface area contributed by atoms with Crippen LogP contribution in [0.2, 0.25) is 0 Å². The largest absolute Gasteiger partial charge is 0.467 e. The number of hydrogen-bond acceptors (Lipinski definition) is 10. The average Bonchev–Trinajstić information content (AvgIpc) is 3.58. The summed E-state index contributed by atoms with van der Waals surface area (Å²) < 4.78 is 4.87. The molecule has 0 aliphatic carbocycles. The predicted molar refractivity (Wildman–Crippen MR) is 206 cm³/mol. The fraction of sp³-hybridized carbons (Fsp3) is 0.667. The molecular formula is C39H63N7O9. The Labute approximate surface area is 324 Å². The Kier molecular flexibility index (Phi) is 19.2. The van der Waals surface area contributed by atoms with Crippen LogP contribution in [0.5, 0.6) is 0 Å². The predicted octanol–water partition coefficient (Wildman–Crippen LogP) is 0.295. The standard InChI is InChI=1S/C39H63N7O9/c1-9-24(6)34(38(53)44-33(23(4)5)39(54)55-8)45-37(52)30-16-13-17-46(30)21-31(48)27(19-26-14-11-10-12-15-26)42-36(51)29(20-32(40)49)43-35(50)28(18-22(2)3)41-25(7)47/h10-12,14-15,22-24,27-31,33-34,48H,9,13,16-21H2,1-8H3,(H2,40,49)(H,41,47)(H,42,51)(H,43,50)(H,44,53)(H,45,52)/t24-,27-,28-,29-,30?,31+,33-,34-/m0/s1. The quantitative estimate of drug-likeness (QED) is 0.0796. The van der Waals surface area contributed by atoms with E-state index in [-0.39, 0.29) is 37.1 Å². The lowest BCUT2D eigenvalue weighted by Crippen LogP contribution is -2.59. The zero-order chi connectivity index (χ0) is 41.4. The van der Waals surface area contributed by atoms with E-state index in [0.29, 0.717) is 25.8 Å². The molecule has 16 heteroatoms. The number of carbonyl (C=O) groups excluding carboxylic acids is 7. The molecule has 16 nitrogen and oxygen atoms in total. The molecule has 55 heavy (non-hydrogen) atoms. The van der Waals surface area contributed by atoms with E-state index in [0.717, 1.165) is 5.56 Å². The summed E-state index contributed by atoms with van der Waals surface area (Å²) in [5.41, 5.74) is 6.26. The van der Waals surface area contributed by atoms with Crippen molar-refractivity contribution in [3.05, 3.63) is 35.9 Å². The van der Waals surface area contributed by atoms with Crippen LogP contribution in [-0.4, -0.2) is 114 Å². The van der Waals surface area contributed by atoms with Gasteiger partial charge in [0.25, 0.3) is 0 Å². The lowest BCUT2D eigenvalue weighted by molar-refractivity contribution is -0.147. The number of likely N-dealkylation sites (tertiary alicyclic amines) is 1. The number of aliphatic hydroxyl groups is 1. The van der Waals surface area contributed by atoms with E-state index in [4.69, 9.17) is 10.5 Å². The molecule has 1 aromatic carbocycles. The Morgan fingerprint density at radius 3 is 2.05 bits per heavy atom. The van der Waals surface area contributed by atoms with Gasteiger partial charge < -0.3 is 42.2 Å². The molecule has 1 aromatic rings. The van der Waals surface area contributed by atoms with Crippen molar-refractivity contribution in [3.8, 4) is 0 Å². The van der Waals surface area contributed by atoms with Crippen LogP contribution >= 0.6 is 0 Å². The monoisotopic (exact) mass is 773 g/mol. The Morgan fingerprint density at radius 1 is 0.873 bits per heavy atom.